The molecule has 2 amide bonds. The summed E-state index contributed by atoms with van der Waals surface area (Å²) >= 11 is 0. The van der Waals surface area contributed by atoms with Gasteiger partial charge in [0.05, 0.1) is 0 Å². The standard InChI is InChI=1S/C24H23N3O6/c28-21(25-26-22(29)20-13-32-18-8-4-5-9-19(18)33-20)14-10-11-16-17(12-14)24(31)27(23(16)30)15-6-2-1-3-7-15/h4-5,8-12,15,20,30-31H,1-3,6-7,13H2. The fourth-order valence-corrected chi connectivity index (χ4v) is 4.46. The summed E-state index contributed by atoms with van der Waals surface area (Å²) in [5.41, 5.74) is 0.140. The van der Waals surface area contributed by atoms with E-state index in [0.29, 0.717) is 22.3 Å². The smallest absolute Gasteiger partial charge is 0.308 e. The number of carbonyl (C=O) groups is 2. The second kappa shape index (κ2) is 8.57. The van der Waals surface area contributed by atoms with Crippen molar-refractivity contribution >= 4 is 22.6 Å². The number of azo groups is 1. The molecule has 1 atom stereocenters. The highest BCUT2D eigenvalue weighted by atomic mass is 16.6. The first-order chi connectivity index (χ1) is 16.0. The molecule has 2 heterocycles. The third kappa shape index (κ3) is 3.90. The van der Waals surface area contributed by atoms with E-state index in [0.717, 1.165) is 32.1 Å². The molecule has 2 aromatic carbocycles. The summed E-state index contributed by atoms with van der Waals surface area (Å²) < 4.78 is 12.6. The summed E-state index contributed by atoms with van der Waals surface area (Å²) in [6, 6.07) is 11.5. The molecule has 33 heavy (non-hydrogen) atoms. The van der Waals surface area contributed by atoms with Crippen LogP contribution in [0.25, 0.3) is 10.8 Å². The van der Waals surface area contributed by atoms with Crippen LogP contribution in [0, 0.1) is 0 Å². The molecule has 170 valence electrons. The Labute approximate surface area is 189 Å². The first-order valence-corrected chi connectivity index (χ1v) is 11.0. The van der Waals surface area contributed by atoms with Gasteiger partial charge in [0.25, 0.3) is 5.91 Å². The van der Waals surface area contributed by atoms with E-state index < -0.39 is 17.9 Å². The van der Waals surface area contributed by atoms with Gasteiger partial charge < -0.3 is 19.7 Å². The van der Waals surface area contributed by atoms with E-state index in [1.807, 2.05) is 0 Å². The Morgan fingerprint density at radius 3 is 2.42 bits per heavy atom. The lowest BCUT2D eigenvalue weighted by Crippen LogP contribution is -2.35. The number of hydrogen-bond acceptors (Lipinski definition) is 6. The van der Waals surface area contributed by atoms with Crippen LogP contribution in [0.5, 0.6) is 23.3 Å². The van der Waals surface area contributed by atoms with E-state index in [2.05, 4.69) is 10.2 Å². The van der Waals surface area contributed by atoms with Crippen molar-refractivity contribution in [3.63, 3.8) is 0 Å². The van der Waals surface area contributed by atoms with Crippen molar-refractivity contribution in [1.29, 1.82) is 0 Å². The fourth-order valence-electron chi connectivity index (χ4n) is 4.46. The molecule has 1 saturated carbocycles. The van der Waals surface area contributed by atoms with E-state index in [9.17, 15) is 19.8 Å². The Kier molecular flexibility index (Phi) is 5.45. The minimum absolute atomic E-state index is 0.0140. The normalized spacial score (nSPS) is 18.6. The van der Waals surface area contributed by atoms with Crippen LogP contribution in [-0.4, -0.2) is 39.3 Å². The average molecular weight is 449 g/mol. The van der Waals surface area contributed by atoms with Gasteiger partial charge in [-0.1, -0.05) is 31.4 Å². The molecule has 9 heteroatoms. The van der Waals surface area contributed by atoms with Gasteiger partial charge in [0, 0.05) is 22.4 Å². The maximum Gasteiger partial charge on any atom is 0.308 e. The van der Waals surface area contributed by atoms with Crippen molar-refractivity contribution in [2.75, 3.05) is 6.61 Å². The topological polar surface area (TPSA) is 123 Å². The van der Waals surface area contributed by atoms with Crippen molar-refractivity contribution in [1.82, 2.24) is 4.57 Å². The zero-order valence-electron chi connectivity index (χ0n) is 17.8. The third-order valence-electron chi connectivity index (χ3n) is 6.17. The van der Waals surface area contributed by atoms with Gasteiger partial charge in [-0.25, -0.2) is 0 Å². The van der Waals surface area contributed by atoms with Gasteiger partial charge in [0.2, 0.25) is 17.9 Å². The number of fused-ring (bicyclic) bond motifs is 2. The first kappa shape index (κ1) is 21.0. The van der Waals surface area contributed by atoms with Gasteiger partial charge in [-0.3, -0.25) is 14.2 Å². The maximum absolute atomic E-state index is 12.5. The molecule has 9 nitrogen and oxygen atoms in total. The average Bonchev–Trinajstić information content (AvgIpc) is 3.11. The van der Waals surface area contributed by atoms with E-state index in [1.54, 1.807) is 34.9 Å². The largest absolute Gasteiger partial charge is 0.494 e. The van der Waals surface area contributed by atoms with E-state index >= 15 is 0 Å². The second-order valence-corrected chi connectivity index (χ2v) is 8.28. The lowest BCUT2D eigenvalue weighted by atomic mass is 9.95. The summed E-state index contributed by atoms with van der Waals surface area (Å²) in [5, 5.41) is 29.2. The molecule has 2 aliphatic rings. The minimum atomic E-state index is -0.996. The van der Waals surface area contributed by atoms with Crippen molar-refractivity contribution < 1.29 is 29.3 Å². The highest BCUT2D eigenvalue weighted by molar-refractivity contribution is 6.02. The predicted molar refractivity (Wildman–Crippen MR) is 118 cm³/mol. The quantitative estimate of drug-likeness (QED) is 0.567. The summed E-state index contributed by atoms with van der Waals surface area (Å²) in [7, 11) is 0. The number of rotatable bonds is 3. The Balaban J connectivity index is 1.34. The van der Waals surface area contributed by atoms with Gasteiger partial charge in [0.15, 0.2) is 11.5 Å². The number of hydrogen-bond donors (Lipinski definition) is 2. The number of para-hydroxylation sites is 2. The molecule has 1 aliphatic carbocycles. The van der Waals surface area contributed by atoms with Crippen molar-refractivity contribution in [2.24, 2.45) is 10.2 Å². The zero-order chi connectivity index (χ0) is 22.9. The lowest BCUT2D eigenvalue weighted by Gasteiger charge is -2.24. The van der Waals surface area contributed by atoms with Gasteiger partial charge >= 0.3 is 5.91 Å². The van der Waals surface area contributed by atoms with Gasteiger partial charge in [0.1, 0.15) is 6.61 Å². The Morgan fingerprint density at radius 2 is 1.64 bits per heavy atom. The third-order valence-corrected chi connectivity index (χ3v) is 6.17. The number of benzene rings is 2. The summed E-state index contributed by atoms with van der Waals surface area (Å²) in [4.78, 5) is 24.9. The molecule has 2 N–H and O–H groups in total. The molecule has 1 aromatic heterocycles. The van der Waals surface area contributed by atoms with Crippen LogP contribution in [0.15, 0.2) is 52.7 Å². The molecule has 0 bridgehead atoms. The van der Waals surface area contributed by atoms with E-state index in [-0.39, 0.29) is 30.0 Å². The molecule has 0 spiro atoms. The Hall–Kier alpha value is -3.88. The van der Waals surface area contributed by atoms with Crippen molar-refractivity contribution in [3.05, 3.63) is 48.0 Å². The van der Waals surface area contributed by atoms with Crippen molar-refractivity contribution in [2.45, 2.75) is 44.2 Å². The molecule has 0 radical (unpaired) electrons. The van der Waals surface area contributed by atoms with Crippen LogP contribution in [0.4, 0.5) is 0 Å². The maximum atomic E-state index is 12.5. The van der Waals surface area contributed by atoms with Crippen LogP contribution >= 0.6 is 0 Å². The molecular formula is C24H23N3O6. The fraction of sp³-hybridized carbons (Fsp3) is 0.333. The second-order valence-electron chi connectivity index (χ2n) is 8.28. The van der Waals surface area contributed by atoms with E-state index in [1.165, 1.54) is 12.1 Å². The molecule has 3 aromatic rings. The first-order valence-electron chi connectivity index (χ1n) is 11.0. The van der Waals surface area contributed by atoms with Gasteiger partial charge in [-0.2, -0.15) is 0 Å². The highest BCUT2D eigenvalue weighted by Gasteiger charge is 2.28. The number of aromatic hydroxyl groups is 2. The summed E-state index contributed by atoms with van der Waals surface area (Å²) in [6.07, 6.45) is 3.98. The Bertz CT molecular complexity index is 1260. The summed E-state index contributed by atoms with van der Waals surface area (Å²) in [6.45, 7) is -0.0309. The zero-order valence-corrected chi connectivity index (χ0v) is 17.8. The number of nitrogens with zero attached hydrogens (tertiary/aromatic N) is 3. The van der Waals surface area contributed by atoms with Crippen LogP contribution in [0.1, 0.15) is 48.5 Å². The monoisotopic (exact) mass is 449 g/mol. The molecule has 5 rings (SSSR count). The molecule has 1 unspecified atom stereocenters. The van der Waals surface area contributed by atoms with Crippen molar-refractivity contribution in [3.8, 4) is 23.3 Å². The number of carbonyl (C=O) groups excluding carboxylic acids is 2. The summed E-state index contributed by atoms with van der Waals surface area (Å²) in [5.74, 6) is -0.615. The highest BCUT2D eigenvalue weighted by Crippen LogP contribution is 2.43. The minimum Gasteiger partial charge on any atom is -0.494 e. The number of aromatic nitrogens is 1. The molecular weight excluding hydrogens is 426 g/mol. The van der Waals surface area contributed by atoms with Crippen LogP contribution in [0.2, 0.25) is 0 Å². The molecule has 1 aliphatic heterocycles. The molecule has 0 saturated heterocycles. The predicted octanol–water partition coefficient (Wildman–Crippen LogP) is 4.52. The number of amides is 2. The lowest BCUT2D eigenvalue weighted by molar-refractivity contribution is -0.127. The van der Waals surface area contributed by atoms with Crippen LogP contribution in [0.3, 0.4) is 0 Å². The van der Waals surface area contributed by atoms with Crippen LogP contribution in [-0.2, 0) is 4.79 Å². The van der Waals surface area contributed by atoms with Gasteiger partial charge in [-0.05, 0) is 43.2 Å². The van der Waals surface area contributed by atoms with E-state index in [4.69, 9.17) is 9.47 Å². The van der Waals surface area contributed by atoms with Gasteiger partial charge in [-0.15, -0.1) is 10.2 Å². The van der Waals surface area contributed by atoms with Crippen LogP contribution < -0.4 is 9.47 Å². The molecule has 1 fully saturated rings. The Morgan fingerprint density at radius 1 is 0.909 bits per heavy atom. The SMILES string of the molecule is O=C(N=NC(=O)C1COc2ccccc2O1)c1ccc2c(O)n(C3CCCCC3)c(O)c2c1. The number of ether oxygens (including phenoxy) is 2.